The lowest BCUT2D eigenvalue weighted by Crippen LogP contribution is -2.37. The Morgan fingerprint density at radius 2 is 2.00 bits per heavy atom. The molecule has 142 valence electrons. The number of halogens is 2. The maximum atomic E-state index is 13.4. The van der Waals surface area contributed by atoms with Gasteiger partial charge in [0, 0.05) is 30.4 Å². The van der Waals surface area contributed by atoms with Gasteiger partial charge in [0.05, 0.1) is 5.69 Å². The van der Waals surface area contributed by atoms with Gasteiger partial charge in [-0.15, -0.1) is 0 Å². The first kappa shape index (κ1) is 17.4. The van der Waals surface area contributed by atoms with Crippen LogP contribution in [0, 0.1) is 11.6 Å². The molecule has 2 heterocycles. The van der Waals surface area contributed by atoms with Crippen molar-refractivity contribution in [2.24, 2.45) is 0 Å². The van der Waals surface area contributed by atoms with Crippen molar-refractivity contribution in [3.8, 4) is 0 Å². The number of carbonyl (C=O) groups is 2. The third-order valence-electron chi connectivity index (χ3n) is 4.86. The first-order chi connectivity index (χ1) is 13.0. The normalized spacial score (nSPS) is 16.6. The molecule has 0 bridgehead atoms. The van der Waals surface area contributed by atoms with E-state index in [9.17, 15) is 18.4 Å². The van der Waals surface area contributed by atoms with Crippen LogP contribution in [0.2, 0.25) is 0 Å². The highest BCUT2D eigenvalue weighted by Gasteiger charge is 2.32. The molecule has 0 atom stereocenters. The Bertz CT molecular complexity index is 899. The zero-order valence-electron chi connectivity index (χ0n) is 14.5. The van der Waals surface area contributed by atoms with Crippen LogP contribution in [0.1, 0.15) is 24.1 Å². The van der Waals surface area contributed by atoms with Gasteiger partial charge >= 0.3 is 6.03 Å². The SMILES string of the molecule is O=C(CN1CCN(c2ccc(F)c(F)c2)C1=O)Nc1onc2c1CCCC2. The molecule has 3 amide bonds. The highest BCUT2D eigenvalue weighted by molar-refractivity contribution is 5.99. The third-order valence-corrected chi connectivity index (χ3v) is 4.86. The number of benzene rings is 1. The minimum absolute atomic E-state index is 0.158. The van der Waals surface area contributed by atoms with E-state index in [2.05, 4.69) is 10.5 Å². The summed E-state index contributed by atoms with van der Waals surface area (Å²) in [5.74, 6) is -2.04. The van der Waals surface area contributed by atoms with Crippen LogP contribution >= 0.6 is 0 Å². The summed E-state index contributed by atoms with van der Waals surface area (Å²) in [6.45, 7) is 0.434. The fraction of sp³-hybridized carbons (Fsp3) is 0.389. The molecule has 1 aromatic carbocycles. The van der Waals surface area contributed by atoms with E-state index in [-0.39, 0.29) is 24.7 Å². The second-order valence-electron chi connectivity index (χ2n) is 6.65. The molecule has 27 heavy (non-hydrogen) atoms. The number of carbonyl (C=O) groups excluding carboxylic acids is 2. The van der Waals surface area contributed by atoms with E-state index in [1.807, 2.05) is 0 Å². The van der Waals surface area contributed by atoms with Crippen LogP contribution < -0.4 is 10.2 Å². The summed E-state index contributed by atoms with van der Waals surface area (Å²) in [5, 5.41) is 6.66. The third kappa shape index (κ3) is 3.36. The fourth-order valence-corrected chi connectivity index (χ4v) is 3.45. The molecule has 1 aromatic heterocycles. The summed E-state index contributed by atoms with van der Waals surface area (Å²) in [5.41, 5.74) is 2.05. The minimum Gasteiger partial charge on any atom is -0.338 e. The number of nitrogens with zero attached hydrogens (tertiary/aromatic N) is 3. The molecule has 1 saturated heterocycles. The molecule has 1 fully saturated rings. The van der Waals surface area contributed by atoms with Crippen LogP contribution in [-0.2, 0) is 17.6 Å². The fourth-order valence-electron chi connectivity index (χ4n) is 3.45. The number of urea groups is 1. The average molecular weight is 376 g/mol. The predicted octanol–water partition coefficient (Wildman–Crippen LogP) is 2.71. The summed E-state index contributed by atoms with van der Waals surface area (Å²) >= 11 is 0. The molecular weight excluding hydrogens is 358 g/mol. The van der Waals surface area contributed by atoms with E-state index in [1.165, 1.54) is 15.9 Å². The Morgan fingerprint density at radius 1 is 1.19 bits per heavy atom. The molecule has 4 rings (SSSR count). The second kappa shape index (κ2) is 6.98. The molecule has 0 spiro atoms. The number of rotatable bonds is 4. The van der Waals surface area contributed by atoms with Gasteiger partial charge < -0.3 is 9.42 Å². The maximum absolute atomic E-state index is 13.4. The van der Waals surface area contributed by atoms with Crippen LogP contribution in [0.5, 0.6) is 0 Å². The number of anilines is 2. The highest BCUT2D eigenvalue weighted by atomic mass is 19.2. The van der Waals surface area contributed by atoms with Gasteiger partial charge in [-0.05, 0) is 37.8 Å². The van der Waals surface area contributed by atoms with Gasteiger partial charge in [-0.2, -0.15) is 0 Å². The van der Waals surface area contributed by atoms with Crippen molar-refractivity contribution in [3.63, 3.8) is 0 Å². The number of nitrogens with one attached hydrogen (secondary N) is 1. The molecule has 0 saturated carbocycles. The van der Waals surface area contributed by atoms with Crippen molar-refractivity contribution in [2.45, 2.75) is 25.7 Å². The molecule has 1 aliphatic heterocycles. The van der Waals surface area contributed by atoms with E-state index in [0.29, 0.717) is 12.4 Å². The molecule has 7 nitrogen and oxygen atoms in total. The average Bonchev–Trinajstić information content (AvgIpc) is 3.22. The van der Waals surface area contributed by atoms with Crippen LogP contribution in [0.4, 0.5) is 25.1 Å². The molecule has 1 aliphatic carbocycles. The van der Waals surface area contributed by atoms with E-state index >= 15 is 0 Å². The largest absolute Gasteiger partial charge is 0.338 e. The zero-order valence-corrected chi connectivity index (χ0v) is 14.5. The number of hydrogen-bond donors (Lipinski definition) is 1. The number of amides is 3. The van der Waals surface area contributed by atoms with E-state index in [4.69, 9.17) is 4.52 Å². The van der Waals surface area contributed by atoms with E-state index < -0.39 is 17.7 Å². The number of aromatic nitrogens is 1. The molecule has 0 radical (unpaired) electrons. The van der Waals surface area contributed by atoms with Crippen LogP contribution in [0.15, 0.2) is 22.7 Å². The van der Waals surface area contributed by atoms with Crippen LogP contribution in [-0.4, -0.2) is 41.6 Å². The van der Waals surface area contributed by atoms with Crippen molar-refractivity contribution < 1.29 is 22.9 Å². The summed E-state index contributed by atoms with van der Waals surface area (Å²) in [7, 11) is 0. The molecular formula is C18H18F2N4O3. The lowest BCUT2D eigenvalue weighted by Gasteiger charge is -2.18. The monoisotopic (exact) mass is 376 g/mol. The van der Waals surface area contributed by atoms with Crippen molar-refractivity contribution in [1.82, 2.24) is 10.1 Å². The van der Waals surface area contributed by atoms with Gasteiger partial charge in [-0.1, -0.05) is 5.16 Å². The van der Waals surface area contributed by atoms with Gasteiger partial charge in [0.25, 0.3) is 0 Å². The molecule has 2 aromatic rings. The minimum atomic E-state index is -1.02. The van der Waals surface area contributed by atoms with Gasteiger partial charge in [-0.3, -0.25) is 15.0 Å². The molecule has 1 N–H and O–H groups in total. The zero-order chi connectivity index (χ0) is 19.0. The quantitative estimate of drug-likeness (QED) is 0.890. The summed E-state index contributed by atoms with van der Waals surface area (Å²) in [4.78, 5) is 27.5. The number of fused-ring (bicyclic) bond motifs is 1. The van der Waals surface area contributed by atoms with E-state index in [0.717, 1.165) is 49.1 Å². The first-order valence-corrected chi connectivity index (χ1v) is 8.81. The summed E-state index contributed by atoms with van der Waals surface area (Å²) < 4.78 is 31.7. The van der Waals surface area contributed by atoms with Crippen molar-refractivity contribution >= 4 is 23.5 Å². The Labute approximate surface area is 153 Å². The topological polar surface area (TPSA) is 78.7 Å². The molecule has 2 aliphatic rings. The lowest BCUT2D eigenvalue weighted by molar-refractivity contribution is -0.116. The van der Waals surface area contributed by atoms with Crippen molar-refractivity contribution in [3.05, 3.63) is 41.1 Å². The van der Waals surface area contributed by atoms with Gasteiger partial charge in [0.2, 0.25) is 11.8 Å². The summed E-state index contributed by atoms with van der Waals surface area (Å²) in [6, 6.07) is 2.84. The first-order valence-electron chi connectivity index (χ1n) is 8.81. The van der Waals surface area contributed by atoms with Gasteiger partial charge in [-0.25, -0.2) is 13.6 Å². The molecule has 9 heteroatoms. The Balaban J connectivity index is 1.40. The maximum Gasteiger partial charge on any atom is 0.325 e. The summed E-state index contributed by atoms with van der Waals surface area (Å²) in [6.07, 6.45) is 3.71. The highest BCUT2D eigenvalue weighted by Crippen LogP contribution is 2.27. The van der Waals surface area contributed by atoms with Crippen molar-refractivity contribution in [1.29, 1.82) is 0 Å². The second-order valence-corrected chi connectivity index (χ2v) is 6.65. The Morgan fingerprint density at radius 3 is 2.81 bits per heavy atom. The van der Waals surface area contributed by atoms with Gasteiger partial charge in [0.1, 0.15) is 6.54 Å². The molecule has 0 unspecified atom stereocenters. The van der Waals surface area contributed by atoms with Crippen LogP contribution in [0.3, 0.4) is 0 Å². The van der Waals surface area contributed by atoms with Crippen molar-refractivity contribution in [2.75, 3.05) is 29.9 Å². The van der Waals surface area contributed by atoms with E-state index in [1.54, 1.807) is 0 Å². The number of hydrogen-bond acceptors (Lipinski definition) is 4. The van der Waals surface area contributed by atoms with Crippen LogP contribution in [0.25, 0.3) is 0 Å². The lowest BCUT2D eigenvalue weighted by atomic mass is 9.98. The standard InChI is InChI=1S/C18H18F2N4O3/c19-13-6-5-11(9-14(13)20)24-8-7-23(18(24)26)10-16(25)21-17-12-3-1-2-4-15(12)22-27-17/h5-6,9H,1-4,7-8,10H2,(H,21,25). The van der Waals surface area contributed by atoms with Gasteiger partial charge in [0.15, 0.2) is 11.6 Å². The predicted molar refractivity (Wildman–Crippen MR) is 92.4 cm³/mol. The number of aryl methyl sites for hydroxylation is 1. The smallest absolute Gasteiger partial charge is 0.325 e. The Kier molecular flexibility index (Phi) is 4.51. The Hall–Kier alpha value is -2.97.